The van der Waals surface area contributed by atoms with Crippen LogP contribution in [0.3, 0.4) is 0 Å². The van der Waals surface area contributed by atoms with Crippen LogP contribution in [0.2, 0.25) is 0 Å². The van der Waals surface area contributed by atoms with Crippen molar-refractivity contribution in [3.05, 3.63) is 68.5 Å². The van der Waals surface area contributed by atoms with Crippen LogP contribution >= 0.6 is 11.3 Å². The van der Waals surface area contributed by atoms with Gasteiger partial charge in [0.15, 0.2) is 0 Å². The average Bonchev–Trinajstić information content (AvgIpc) is 3.27. The van der Waals surface area contributed by atoms with Gasteiger partial charge in [-0.2, -0.15) is 0 Å². The van der Waals surface area contributed by atoms with E-state index in [9.17, 15) is 4.79 Å². The summed E-state index contributed by atoms with van der Waals surface area (Å²) in [6.07, 6.45) is 5.28. The van der Waals surface area contributed by atoms with Gasteiger partial charge in [-0.3, -0.25) is 14.7 Å². The minimum absolute atomic E-state index is 0.0283. The summed E-state index contributed by atoms with van der Waals surface area (Å²) in [5, 5.41) is 9.10. The minimum Gasteiger partial charge on any atom is -0.361 e. The minimum atomic E-state index is 0.0283. The van der Waals surface area contributed by atoms with E-state index >= 15 is 0 Å². The van der Waals surface area contributed by atoms with Gasteiger partial charge < -0.3 is 9.84 Å². The second kappa shape index (κ2) is 8.24. The molecule has 7 heteroatoms. The smallest absolute Gasteiger partial charge is 0.252 e. The molecule has 1 amide bonds. The number of rotatable bonds is 6. The van der Waals surface area contributed by atoms with Gasteiger partial charge in [0.05, 0.1) is 11.3 Å². The topological polar surface area (TPSA) is 71.3 Å². The van der Waals surface area contributed by atoms with E-state index in [0.29, 0.717) is 6.54 Å². The highest BCUT2D eigenvalue weighted by Gasteiger charge is 2.25. The van der Waals surface area contributed by atoms with Gasteiger partial charge >= 0.3 is 0 Å². The van der Waals surface area contributed by atoms with E-state index in [1.807, 2.05) is 37.6 Å². The number of carbonyl (C=O) groups excluding carboxylic acids is 1. The van der Waals surface area contributed by atoms with E-state index in [-0.39, 0.29) is 5.91 Å². The lowest BCUT2D eigenvalue weighted by atomic mass is 10.0. The van der Waals surface area contributed by atoms with Gasteiger partial charge in [0.1, 0.15) is 5.76 Å². The van der Waals surface area contributed by atoms with Gasteiger partial charge in [-0.25, -0.2) is 0 Å². The molecule has 146 valence electrons. The quantitative estimate of drug-likeness (QED) is 0.692. The molecule has 4 heterocycles. The second-order valence-corrected chi connectivity index (χ2v) is 8.15. The molecule has 1 N–H and O–H groups in total. The van der Waals surface area contributed by atoms with E-state index < -0.39 is 0 Å². The molecule has 3 aromatic heterocycles. The van der Waals surface area contributed by atoms with Crippen molar-refractivity contribution in [2.75, 3.05) is 13.1 Å². The van der Waals surface area contributed by atoms with Crippen molar-refractivity contribution in [2.24, 2.45) is 0 Å². The summed E-state index contributed by atoms with van der Waals surface area (Å²) in [6, 6.07) is 3.94. The first-order chi connectivity index (χ1) is 13.6. The van der Waals surface area contributed by atoms with Gasteiger partial charge in [0.25, 0.3) is 5.91 Å². The highest BCUT2D eigenvalue weighted by Crippen LogP contribution is 2.30. The molecule has 0 radical (unpaired) electrons. The summed E-state index contributed by atoms with van der Waals surface area (Å²) < 4.78 is 5.28. The lowest BCUT2D eigenvalue weighted by Crippen LogP contribution is -2.31. The maximum absolute atomic E-state index is 12.6. The fourth-order valence-corrected chi connectivity index (χ4v) is 4.74. The van der Waals surface area contributed by atoms with E-state index in [1.165, 1.54) is 16.0 Å². The summed E-state index contributed by atoms with van der Waals surface area (Å²) in [5.74, 6) is 0.920. The number of aromatic nitrogens is 2. The largest absolute Gasteiger partial charge is 0.361 e. The van der Waals surface area contributed by atoms with E-state index in [0.717, 1.165) is 55.1 Å². The maximum Gasteiger partial charge on any atom is 0.252 e. The predicted octanol–water partition coefficient (Wildman–Crippen LogP) is 3.28. The van der Waals surface area contributed by atoms with Crippen molar-refractivity contribution in [3.63, 3.8) is 0 Å². The summed E-state index contributed by atoms with van der Waals surface area (Å²) in [4.78, 5) is 20.4. The molecule has 0 saturated heterocycles. The molecule has 6 nitrogen and oxygen atoms in total. The van der Waals surface area contributed by atoms with E-state index in [1.54, 1.807) is 17.5 Å². The van der Waals surface area contributed by atoms with Crippen molar-refractivity contribution in [1.29, 1.82) is 0 Å². The standard InChI is InChI=1S/C21H24N4O2S/c1-14-18(15(2)27-24-14)11-25-9-6-17-19(13-28-20(17)12-25)21(26)23-8-5-16-4-3-7-22-10-16/h3-4,7,10,13H,5-6,8-9,11-12H2,1-2H3,(H,23,26). The number of aryl methyl sites for hydroxylation is 2. The summed E-state index contributed by atoms with van der Waals surface area (Å²) in [6.45, 7) is 7.21. The monoisotopic (exact) mass is 396 g/mol. The highest BCUT2D eigenvalue weighted by atomic mass is 32.1. The van der Waals surface area contributed by atoms with Crippen LogP contribution in [0, 0.1) is 13.8 Å². The Bertz CT molecular complexity index is 945. The highest BCUT2D eigenvalue weighted by molar-refractivity contribution is 7.10. The fraction of sp³-hybridized carbons (Fsp3) is 0.381. The van der Waals surface area contributed by atoms with Gasteiger partial charge in [-0.15, -0.1) is 11.3 Å². The molecule has 3 aromatic rings. The number of nitrogens with one attached hydrogen (secondary N) is 1. The third kappa shape index (κ3) is 4.00. The van der Waals surface area contributed by atoms with E-state index in [2.05, 4.69) is 20.4 Å². The Kier molecular flexibility index (Phi) is 5.54. The van der Waals surface area contributed by atoms with Crippen LogP contribution in [0.25, 0.3) is 0 Å². The van der Waals surface area contributed by atoms with Crippen LogP contribution in [-0.4, -0.2) is 34.0 Å². The maximum atomic E-state index is 12.6. The Labute approximate surface area is 168 Å². The van der Waals surface area contributed by atoms with Crippen molar-refractivity contribution < 1.29 is 9.32 Å². The first-order valence-electron chi connectivity index (χ1n) is 9.52. The Balaban J connectivity index is 1.36. The molecule has 4 rings (SSSR count). The van der Waals surface area contributed by atoms with E-state index in [4.69, 9.17) is 4.52 Å². The molecule has 0 bridgehead atoms. The molecule has 0 spiro atoms. The fourth-order valence-electron chi connectivity index (χ4n) is 3.62. The van der Waals surface area contributed by atoms with Crippen molar-refractivity contribution in [1.82, 2.24) is 20.4 Å². The number of carbonyl (C=O) groups is 1. The van der Waals surface area contributed by atoms with Gasteiger partial charge in [-0.05, 0) is 43.9 Å². The summed E-state index contributed by atoms with van der Waals surface area (Å²) >= 11 is 1.68. The number of thiophene rings is 1. The zero-order valence-electron chi connectivity index (χ0n) is 16.2. The number of fused-ring (bicyclic) bond motifs is 1. The van der Waals surface area contributed by atoms with Crippen molar-refractivity contribution in [2.45, 2.75) is 39.8 Å². The van der Waals surface area contributed by atoms with Crippen molar-refractivity contribution in [3.8, 4) is 0 Å². The molecule has 0 atom stereocenters. The van der Waals surface area contributed by atoms with Gasteiger partial charge in [-0.1, -0.05) is 11.2 Å². The predicted molar refractivity (Wildman–Crippen MR) is 108 cm³/mol. The Morgan fingerprint density at radius 2 is 2.29 bits per heavy atom. The normalized spacial score (nSPS) is 14.1. The van der Waals surface area contributed by atoms with Crippen LogP contribution in [0.5, 0.6) is 0 Å². The third-order valence-corrected chi connectivity index (χ3v) is 6.27. The summed E-state index contributed by atoms with van der Waals surface area (Å²) in [7, 11) is 0. The number of hydrogen-bond donors (Lipinski definition) is 1. The second-order valence-electron chi connectivity index (χ2n) is 7.18. The first kappa shape index (κ1) is 18.8. The van der Waals surface area contributed by atoms with Gasteiger partial charge in [0, 0.05) is 54.4 Å². The van der Waals surface area contributed by atoms with Crippen LogP contribution < -0.4 is 5.32 Å². The molecule has 28 heavy (non-hydrogen) atoms. The average molecular weight is 397 g/mol. The van der Waals surface area contributed by atoms with Crippen LogP contribution in [0.1, 0.15) is 43.4 Å². The molecular formula is C21H24N4O2S. The Hall–Kier alpha value is -2.51. The molecule has 1 aliphatic rings. The van der Waals surface area contributed by atoms with Crippen LogP contribution in [-0.2, 0) is 25.9 Å². The number of pyridine rings is 1. The lowest BCUT2D eigenvalue weighted by molar-refractivity contribution is 0.0953. The zero-order chi connectivity index (χ0) is 19.5. The van der Waals surface area contributed by atoms with Gasteiger partial charge in [0.2, 0.25) is 0 Å². The molecule has 0 fully saturated rings. The van der Waals surface area contributed by atoms with Crippen LogP contribution in [0.4, 0.5) is 0 Å². The van der Waals surface area contributed by atoms with Crippen LogP contribution in [0.15, 0.2) is 34.4 Å². The van der Waals surface area contributed by atoms with Crippen molar-refractivity contribution >= 4 is 17.2 Å². The molecule has 0 aliphatic carbocycles. The zero-order valence-corrected chi connectivity index (χ0v) is 17.0. The SMILES string of the molecule is Cc1noc(C)c1CN1CCc2c(C(=O)NCCc3cccnc3)csc2C1. The lowest BCUT2D eigenvalue weighted by Gasteiger charge is -2.27. The molecule has 0 aromatic carbocycles. The third-order valence-electron chi connectivity index (χ3n) is 5.26. The molecular weight excluding hydrogens is 372 g/mol. The Morgan fingerprint density at radius 3 is 3.04 bits per heavy atom. The first-order valence-corrected chi connectivity index (χ1v) is 10.4. The summed E-state index contributed by atoms with van der Waals surface area (Å²) in [5.41, 5.74) is 5.31. The Morgan fingerprint density at radius 1 is 1.39 bits per heavy atom. The number of amides is 1. The number of hydrogen-bond acceptors (Lipinski definition) is 6. The molecule has 0 unspecified atom stereocenters. The molecule has 1 aliphatic heterocycles. The molecule has 0 saturated carbocycles. The number of nitrogens with zero attached hydrogens (tertiary/aromatic N) is 3.